The Morgan fingerprint density at radius 2 is 2.50 bits per heavy atom. The lowest BCUT2D eigenvalue weighted by molar-refractivity contribution is 0.299. The lowest BCUT2D eigenvalue weighted by atomic mass is 10.2. The van der Waals surface area contributed by atoms with Crippen molar-refractivity contribution in [2.24, 2.45) is 0 Å². The van der Waals surface area contributed by atoms with Crippen molar-refractivity contribution in [1.29, 1.82) is 0 Å². The molecule has 2 nitrogen and oxygen atoms in total. The second-order valence-electron chi connectivity index (χ2n) is 1.58. The molecule has 0 unspecified atom stereocenters. The SMILES string of the molecule is C/C(=C/[C]=O)CCO. The number of allylic oxidation sites excluding steroid dienone is 1. The maximum absolute atomic E-state index is 9.61. The van der Waals surface area contributed by atoms with Gasteiger partial charge < -0.3 is 5.11 Å². The van der Waals surface area contributed by atoms with E-state index in [1.807, 2.05) is 0 Å². The van der Waals surface area contributed by atoms with Crippen LogP contribution in [-0.2, 0) is 4.79 Å². The smallest absolute Gasteiger partial charge is 0.225 e. The van der Waals surface area contributed by atoms with Crippen molar-refractivity contribution in [2.45, 2.75) is 13.3 Å². The summed E-state index contributed by atoms with van der Waals surface area (Å²) in [4.78, 5) is 9.61. The summed E-state index contributed by atoms with van der Waals surface area (Å²) >= 11 is 0. The molecular formula is C6H9O2. The van der Waals surface area contributed by atoms with Gasteiger partial charge in [0.25, 0.3) is 0 Å². The van der Waals surface area contributed by atoms with Gasteiger partial charge in [-0.15, -0.1) is 0 Å². The molecule has 0 saturated carbocycles. The first kappa shape index (κ1) is 7.37. The molecule has 1 radical (unpaired) electrons. The molecule has 0 aliphatic heterocycles. The Balaban J connectivity index is 3.44. The van der Waals surface area contributed by atoms with E-state index in [9.17, 15) is 4.79 Å². The van der Waals surface area contributed by atoms with E-state index in [0.717, 1.165) is 5.57 Å². The second kappa shape index (κ2) is 4.53. The van der Waals surface area contributed by atoms with Crippen molar-refractivity contribution in [3.05, 3.63) is 11.6 Å². The highest BCUT2D eigenvalue weighted by Gasteiger charge is 1.84. The Bertz CT molecular complexity index is 94.7. The zero-order chi connectivity index (χ0) is 6.41. The van der Waals surface area contributed by atoms with Crippen LogP contribution in [0.3, 0.4) is 0 Å². The molecule has 0 aliphatic carbocycles. The Kier molecular flexibility index (Phi) is 4.17. The van der Waals surface area contributed by atoms with E-state index in [0.29, 0.717) is 6.42 Å². The Labute approximate surface area is 48.8 Å². The summed E-state index contributed by atoms with van der Waals surface area (Å²) in [6, 6.07) is 0. The summed E-state index contributed by atoms with van der Waals surface area (Å²) in [5.41, 5.74) is 0.863. The topological polar surface area (TPSA) is 37.3 Å². The van der Waals surface area contributed by atoms with Crippen molar-refractivity contribution < 1.29 is 9.90 Å². The number of hydrogen-bond donors (Lipinski definition) is 1. The molecule has 0 aromatic heterocycles. The normalized spacial score (nSPS) is 11.5. The van der Waals surface area contributed by atoms with Crippen LogP contribution in [0, 0.1) is 0 Å². The average molecular weight is 113 g/mol. The minimum atomic E-state index is 0.101. The van der Waals surface area contributed by atoms with Crippen LogP contribution in [0.1, 0.15) is 13.3 Å². The van der Waals surface area contributed by atoms with Gasteiger partial charge in [-0.25, -0.2) is 0 Å². The standard InChI is InChI=1S/C6H9O2/c1-6(2-4-7)3-5-8/h2,8H,3,5H2,1H3/b6-2-. The quantitative estimate of drug-likeness (QED) is 0.539. The summed E-state index contributed by atoms with van der Waals surface area (Å²) in [6.07, 6.45) is 3.52. The Morgan fingerprint density at radius 3 is 2.88 bits per heavy atom. The fourth-order valence-electron chi connectivity index (χ4n) is 0.349. The molecule has 0 aromatic carbocycles. The molecule has 0 saturated heterocycles. The molecule has 0 fully saturated rings. The van der Waals surface area contributed by atoms with Gasteiger partial charge in [0.1, 0.15) is 0 Å². The van der Waals surface area contributed by atoms with Crippen molar-refractivity contribution >= 4 is 6.29 Å². The van der Waals surface area contributed by atoms with Crippen molar-refractivity contribution in [3.63, 3.8) is 0 Å². The van der Waals surface area contributed by atoms with Gasteiger partial charge in [0.05, 0.1) is 0 Å². The lowest BCUT2D eigenvalue weighted by Gasteiger charge is -1.89. The van der Waals surface area contributed by atoms with Crippen LogP contribution in [0.4, 0.5) is 0 Å². The molecule has 0 rings (SSSR count). The van der Waals surface area contributed by atoms with Crippen LogP contribution in [0.25, 0.3) is 0 Å². The van der Waals surface area contributed by atoms with Gasteiger partial charge in [-0.2, -0.15) is 0 Å². The van der Waals surface area contributed by atoms with Crippen LogP contribution >= 0.6 is 0 Å². The zero-order valence-corrected chi connectivity index (χ0v) is 4.85. The minimum Gasteiger partial charge on any atom is -0.396 e. The largest absolute Gasteiger partial charge is 0.396 e. The summed E-state index contributed by atoms with van der Waals surface area (Å²) in [6.45, 7) is 1.88. The summed E-state index contributed by atoms with van der Waals surface area (Å²) in [7, 11) is 0. The Hall–Kier alpha value is -0.630. The van der Waals surface area contributed by atoms with E-state index in [2.05, 4.69) is 0 Å². The molecular weight excluding hydrogens is 104 g/mol. The van der Waals surface area contributed by atoms with E-state index in [1.54, 1.807) is 13.2 Å². The lowest BCUT2D eigenvalue weighted by Crippen LogP contribution is -1.83. The van der Waals surface area contributed by atoms with Gasteiger partial charge in [-0.3, -0.25) is 4.79 Å². The number of hydrogen-bond acceptors (Lipinski definition) is 2. The van der Waals surface area contributed by atoms with Crippen LogP contribution in [0.2, 0.25) is 0 Å². The first-order chi connectivity index (χ1) is 3.81. The van der Waals surface area contributed by atoms with E-state index in [-0.39, 0.29) is 6.61 Å². The third kappa shape index (κ3) is 3.56. The van der Waals surface area contributed by atoms with Crippen LogP contribution < -0.4 is 0 Å². The predicted octanol–water partition coefficient (Wildman–Crippen LogP) is 0.425. The second-order valence-corrected chi connectivity index (χ2v) is 1.58. The van der Waals surface area contributed by atoms with Gasteiger partial charge in [-0.05, 0) is 19.4 Å². The van der Waals surface area contributed by atoms with Crippen molar-refractivity contribution in [1.82, 2.24) is 0 Å². The third-order valence-electron chi connectivity index (χ3n) is 0.811. The van der Waals surface area contributed by atoms with Gasteiger partial charge in [0.15, 0.2) is 0 Å². The molecule has 0 spiro atoms. The zero-order valence-electron chi connectivity index (χ0n) is 4.85. The highest BCUT2D eigenvalue weighted by Crippen LogP contribution is 1.94. The fourth-order valence-corrected chi connectivity index (χ4v) is 0.349. The maximum atomic E-state index is 9.61. The molecule has 45 valence electrons. The fraction of sp³-hybridized carbons (Fsp3) is 0.500. The highest BCUT2D eigenvalue weighted by atomic mass is 16.2. The molecule has 0 aliphatic rings. The van der Waals surface area contributed by atoms with Crippen LogP contribution in [0.15, 0.2) is 11.6 Å². The molecule has 0 aromatic rings. The van der Waals surface area contributed by atoms with E-state index < -0.39 is 0 Å². The first-order valence-electron chi connectivity index (χ1n) is 2.45. The van der Waals surface area contributed by atoms with Crippen molar-refractivity contribution in [2.75, 3.05) is 6.61 Å². The van der Waals surface area contributed by atoms with Crippen LogP contribution in [0.5, 0.6) is 0 Å². The summed E-state index contributed by atoms with van der Waals surface area (Å²) < 4.78 is 0. The Morgan fingerprint density at radius 1 is 1.88 bits per heavy atom. The predicted molar refractivity (Wildman–Crippen MR) is 31.2 cm³/mol. The maximum Gasteiger partial charge on any atom is 0.225 e. The van der Waals surface area contributed by atoms with E-state index in [1.165, 1.54) is 6.08 Å². The molecule has 8 heavy (non-hydrogen) atoms. The van der Waals surface area contributed by atoms with Crippen molar-refractivity contribution in [3.8, 4) is 0 Å². The summed E-state index contributed by atoms with van der Waals surface area (Å²) in [5, 5.41) is 8.29. The molecule has 1 N–H and O–H groups in total. The highest BCUT2D eigenvalue weighted by molar-refractivity contribution is 5.66. The molecule has 0 heterocycles. The van der Waals surface area contributed by atoms with Gasteiger partial charge in [0.2, 0.25) is 6.29 Å². The monoisotopic (exact) mass is 113 g/mol. The number of rotatable bonds is 3. The van der Waals surface area contributed by atoms with E-state index in [4.69, 9.17) is 5.11 Å². The molecule has 2 heteroatoms. The van der Waals surface area contributed by atoms with Gasteiger partial charge >= 0.3 is 0 Å². The third-order valence-corrected chi connectivity index (χ3v) is 0.811. The van der Waals surface area contributed by atoms with Crippen LogP contribution in [-0.4, -0.2) is 18.0 Å². The van der Waals surface area contributed by atoms with E-state index >= 15 is 0 Å². The average Bonchev–Trinajstić information content (AvgIpc) is 1.68. The molecule has 0 atom stereocenters. The number of carbonyl (C=O) groups excluding carboxylic acids is 1. The number of aliphatic hydroxyl groups excluding tert-OH is 1. The molecule has 0 bridgehead atoms. The van der Waals surface area contributed by atoms with Gasteiger partial charge in [0, 0.05) is 6.61 Å². The first-order valence-corrected chi connectivity index (χ1v) is 2.45. The minimum absolute atomic E-state index is 0.101. The molecule has 0 amide bonds. The van der Waals surface area contributed by atoms with Gasteiger partial charge in [-0.1, -0.05) is 5.57 Å². The number of aliphatic hydroxyl groups is 1. The summed E-state index contributed by atoms with van der Waals surface area (Å²) in [5.74, 6) is 0.